The zero-order valence-corrected chi connectivity index (χ0v) is 16.8. The highest BCUT2D eigenvalue weighted by Crippen LogP contribution is 2.20. The first-order valence-electron chi connectivity index (χ1n) is 9.86. The Balaban J connectivity index is 1.38. The number of aromatic nitrogens is 2. The van der Waals surface area contributed by atoms with E-state index in [1.807, 2.05) is 38.1 Å². The summed E-state index contributed by atoms with van der Waals surface area (Å²) >= 11 is 0. The van der Waals surface area contributed by atoms with Crippen molar-refractivity contribution in [2.24, 2.45) is 0 Å². The zero-order valence-electron chi connectivity index (χ0n) is 16.8. The molecule has 1 fully saturated rings. The van der Waals surface area contributed by atoms with Gasteiger partial charge >= 0.3 is 0 Å². The number of amides is 1. The highest BCUT2D eigenvalue weighted by atomic mass is 16.1. The van der Waals surface area contributed by atoms with Crippen LogP contribution in [0.4, 0.5) is 17.2 Å². The number of carbonyl (C=O) groups excluding carboxylic acids is 1. The van der Waals surface area contributed by atoms with Gasteiger partial charge in [-0.25, -0.2) is 9.97 Å². The van der Waals surface area contributed by atoms with Crippen LogP contribution >= 0.6 is 0 Å². The molecule has 29 heavy (non-hydrogen) atoms. The van der Waals surface area contributed by atoms with E-state index in [0.717, 1.165) is 48.8 Å². The molecule has 1 saturated heterocycles. The summed E-state index contributed by atoms with van der Waals surface area (Å²) in [6.45, 7) is 7.63. The quantitative estimate of drug-likeness (QED) is 0.740. The molecule has 2 aromatic carbocycles. The van der Waals surface area contributed by atoms with Crippen molar-refractivity contribution < 1.29 is 4.79 Å². The lowest BCUT2D eigenvalue weighted by Gasteiger charge is -2.36. The number of aryl methyl sites for hydroxylation is 1. The Morgan fingerprint density at radius 2 is 1.59 bits per heavy atom. The maximum absolute atomic E-state index is 12.5. The molecule has 1 aliphatic heterocycles. The molecule has 0 bridgehead atoms. The van der Waals surface area contributed by atoms with Crippen molar-refractivity contribution >= 4 is 23.1 Å². The average molecular weight is 387 g/mol. The summed E-state index contributed by atoms with van der Waals surface area (Å²) in [4.78, 5) is 25.9. The van der Waals surface area contributed by atoms with Gasteiger partial charge < -0.3 is 15.1 Å². The normalized spacial score (nSPS) is 14.0. The topological polar surface area (TPSA) is 61.4 Å². The number of benzene rings is 2. The second kappa shape index (κ2) is 8.31. The van der Waals surface area contributed by atoms with Gasteiger partial charge in [-0.15, -0.1) is 0 Å². The molecule has 6 heteroatoms. The van der Waals surface area contributed by atoms with Crippen LogP contribution < -0.4 is 15.1 Å². The Kier molecular flexibility index (Phi) is 5.42. The summed E-state index contributed by atoms with van der Waals surface area (Å²) in [5.74, 6) is 0.563. The first-order valence-corrected chi connectivity index (χ1v) is 9.86. The third-order valence-electron chi connectivity index (χ3n) is 5.45. The largest absolute Gasteiger partial charge is 0.368 e. The predicted molar refractivity (Wildman–Crippen MR) is 117 cm³/mol. The molecule has 1 aliphatic rings. The molecule has 0 radical (unpaired) electrons. The lowest BCUT2D eigenvalue weighted by Crippen LogP contribution is -2.46. The van der Waals surface area contributed by atoms with Crippen LogP contribution in [0, 0.1) is 13.8 Å². The summed E-state index contributed by atoms with van der Waals surface area (Å²) in [5, 5.41) is 2.93. The molecule has 1 aromatic heterocycles. The average Bonchev–Trinajstić information content (AvgIpc) is 2.78. The molecule has 1 amide bonds. The van der Waals surface area contributed by atoms with Gasteiger partial charge in [-0.2, -0.15) is 0 Å². The van der Waals surface area contributed by atoms with Crippen LogP contribution in [0.25, 0.3) is 0 Å². The maximum Gasteiger partial charge on any atom is 0.275 e. The lowest BCUT2D eigenvalue weighted by atomic mass is 10.1. The summed E-state index contributed by atoms with van der Waals surface area (Å²) in [6.07, 6.45) is 3.25. The second-order valence-corrected chi connectivity index (χ2v) is 7.27. The van der Waals surface area contributed by atoms with Crippen LogP contribution in [0.5, 0.6) is 0 Å². The first kappa shape index (κ1) is 18.9. The third-order valence-corrected chi connectivity index (χ3v) is 5.45. The Labute approximate surface area is 171 Å². The third kappa shape index (κ3) is 4.21. The van der Waals surface area contributed by atoms with E-state index in [1.165, 1.54) is 5.69 Å². The number of nitrogens with zero attached hydrogens (tertiary/aromatic N) is 4. The maximum atomic E-state index is 12.5. The molecule has 0 unspecified atom stereocenters. The van der Waals surface area contributed by atoms with Gasteiger partial charge in [0.25, 0.3) is 5.91 Å². The number of nitrogens with one attached hydrogen (secondary N) is 1. The lowest BCUT2D eigenvalue weighted by molar-refractivity contribution is 0.102. The highest BCUT2D eigenvalue weighted by Gasteiger charge is 2.19. The van der Waals surface area contributed by atoms with Crippen molar-refractivity contribution in [3.05, 3.63) is 77.7 Å². The minimum absolute atomic E-state index is 0.244. The molecule has 0 saturated carbocycles. The number of para-hydroxylation sites is 1. The van der Waals surface area contributed by atoms with Crippen LogP contribution in [-0.2, 0) is 0 Å². The number of hydrogen-bond acceptors (Lipinski definition) is 5. The van der Waals surface area contributed by atoms with E-state index >= 15 is 0 Å². The van der Waals surface area contributed by atoms with E-state index in [1.54, 1.807) is 12.4 Å². The molecule has 2 heterocycles. The molecule has 1 N–H and O–H groups in total. The van der Waals surface area contributed by atoms with E-state index in [0.29, 0.717) is 5.69 Å². The van der Waals surface area contributed by atoms with E-state index in [2.05, 4.69) is 49.4 Å². The van der Waals surface area contributed by atoms with Gasteiger partial charge in [0.05, 0.1) is 12.4 Å². The van der Waals surface area contributed by atoms with Gasteiger partial charge in [0.1, 0.15) is 11.5 Å². The number of carbonyl (C=O) groups is 1. The van der Waals surface area contributed by atoms with Crippen molar-refractivity contribution in [1.29, 1.82) is 0 Å². The van der Waals surface area contributed by atoms with Gasteiger partial charge in [-0.05, 0) is 43.2 Å². The van der Waals surface area contributed by atoms with Crippen molar-refractivity contribution in [2.45, 2.75) is 13.8 Å². The second-order valence-electron chi connectivity index (χ2n) is 7.27. The molecule has 4 rings (SSSR count). The Morgan fingerprint density at radius 3 is 2.28 bits per heavy atom. The monoisotopic (exact) mass is 387 g/mol. The molecule has 3 aromatic rings. The fraction of sp³-hybridized carbons (Fsp3) is 0.261. The molecular formula is C23H25N5O. The molecule has 0 spiro atoms. The number of anilines is 3. The minimum Gasteiger partial charge on any atom is -0.368 e. The SMILES string of the molecule is Cc1cccc(NC(=O)c2cnc(N3CCN(c4ccccc4)CC3)cn2)c1C. The van der Waals surface area contributed by atoms with Gasteiger partial charge in [-0.1, -0.05) is 30.3 Å². The summed E-state index contributed by atoms with van der Waals surface area (Å²) in [7, 11) is 0. The Hall–Kier alpha value is -3.41. The van der Waals surface area contributed by atoms with Crippen LogP contribution in [0.3, 0.4) is 0 Å². The van der Waals surface area contributed by atoms with Crippen molar-refractivity contribution in [1.82, 2.24) is 9.97 Å². The summed E-state index contributed by atoms with van der Waals surface area (Å²) in [5.41, 5.74) is 4.56. The summed E-state index contributed by atoms with van der Waals surface area (Å²) in [6, 6.07) is 16.3. The molecule has 148 valence electrons. The molecular weight excluding hydrogens is 362 g/mol. The molecule has 6 nitrogen and oxygen atoms in total. The number of hydrogen-bond donors (Lipinski definition) is 1. The minimum atomic E-state index is -0.244. The smallest absolute Gasteiger partial charge is 0.275 e. The van der Waals surface area contributed by atoms with Gasteiger partial charge in [0.2, 0.25) is 0 Å². The van der Waals surface area contributed by atoms with Crippen molar-refractivity contribution in [3.63, 3.8) is 0 Å². The fourth-order valence-electron chi connectivity index (χ4n) is 3.51. The summed E-state index contributed by atoms with van der Waals surface area (Å²) < 4.78 is 0. The van der Waals surface area contributed by atoms with E-state index in [4.69, 9.17) is 0 Å². The number of piperazine rings is 1. The van der Waals surface area contributed by atoms with Gasteiger partial charge in [-0.3, -0.25) is 4.79 Å². The van der Waals surface area contributed by atoms with E-state index < -0.39 is 0 Å². The van der Waals surface area contributed by atoms with Gasteiger partial charge in [0.15, 0.2) is 0 Å². The van der Waals surface area contributed by atoms with Crippen LogP contribution in [-0.4, -0.2) is 42.1 Å². The van der Waals surface area contributed by atoms with Crippen LogP contribution in [0.15, 0.2) is 60.9 Å². The van der Waals surface area contributed by atoms with Crippen LogP contribution in [0.1, 0.15) is 21.6 Å². The van der Waals surface area contributed by atoms with Crippen LogP contribution in [0.2, 0.25) is 0 Å². The van der Waals surface area contributed by atoms with Crippen molar-refractivity contribution in [3.8, 4) is 0 Å². The highest BCUT2D eigenvalue weighted by molar-refractivity contribution is 6.03. The van der Waals surface area contributed by atoms with E-state index in [-0.39, 0.29) is 5.91 Å². The van der Waals surface area contributed by atoms with Gasteiger partial charge in [0, 0.05) is 37.6 Å². The predicted octanol–water partition coefficient (Wildman–Crippen LogP) is 3.67. The molecule has 0 atom stereocenters. The fourth-order valence-corrected chi connectivity index (χ4v) is 3.51. The Morgan fingerprint density at radius 1 is 0.862 bits per heavy atom. The molecule has 0 aliphatic carbocycles. The standard InChI is InChI=1S/C23H25N5O/c1-17-7-6-10-20(18(17)2)26-23(29)21-15-25-22(16-24-21)28-13-11-27(12-14-28)19-8-4-3-5-9-19/h3-10,15-16H,11-14H2,1-2H3,(H,26,29). The zero-order chi connectivity index (χ0) is 20.2. The van der Waals surface area contributed by atoms with E-state index in [9.17, 15) is 4.79 Å². The first-order chi connectivity index (χ1) is 14.1. The van der Waals surface area contributed by atoms with Crippen molar-refractivity contribution in [2.75, 3.05) is 41.3 Å². The number of rotatable bonds is 4. The Bertz CT molecular complexity index is 980.